The molecule has 0 saturated heterocycles. The molecular formula is C23H28N4O3. The Labute approximate surface area is 176 Å². The molecule has 3 aromatic rings. The van der Waals surface area contributed by atoms with E-state index in [1.807, 2.05) is 49.7 Å². The molecule has 2 aromatic heterocycles. The van der Waals surface area contributed by atoms with Gasteiger partial charge in [-0.3, -0.25) is 4.79 Å². The summed E-state index contributed by atoms with van der Waals surface area (Å²) in [4.78, 5) is 17.9. The van der Waals surface area contributed by atoms with Gasteiger partial charge in [0, 0.05) is 11.7 Å². The van der Waals surface area contributed by atoms with Gasteiger partial charge in [-0.05, 0) is 50.5 Å². The summed E-state index contributed by atoms with van der Waals surface area (Å²) in [6, 6.07) is 7.68. The van der Waals surface area contributed by atoms with Crippen molar-refractivity contribution >= 4 is 16.9 Å². The average Bonchev–Trinajstić information content (AvgIpc) is 3.14. The van der Waals surface area contributed by atoms with E-state index in [0.717, 1.165) is 33.8 Å². The van der Waals surface area contributed by atoms with E-state index in [-0.39, 0.29) is 23.9 Å². The minimum atomic E-state index is -0.169. The van der Waals surface area contributed by atoms with Crippen LogP contribution in [0.4, 0.5) is 0 Å². The fraction of sp³-hybridized carbons (Fsp3) is 0.435. The average molecular weight is 409 g/mol. The van der Waals surface area contributed by atoms with Crippen LogP contribution >= 0.6 is 0 Å². The van der Waals surface area contributed by atoms with Crippen LogP contribution in [0, 0.1) is 12.8 Å². The van der Waals surface area contributed by atoms with Crippen LogP contribution in [0.15, 0.2) is 30.5 Å². The molecule has 1 atom stereocenters. The first-order valence-electron chi connectivity index (χ1n) is 10.4. The van der Waals surface area contributed by atoms with Gasteiger partial charge in [-0.25, -0.2) is 9.67 Å². The Morgan fingerprint density at radius 1 is 1.10 bits per heavy atom. The van der Waals surface area contributed by atoms with Gasteiger partial charge < -0.3 is 14.8 Å². The number of carbonyl (C=O) groups is 1. The highest BCUT2D eigenvalue weighted by molar-refractivity contribution is 6.05. The van der Waals surface area contributed by atoms with Crippen LogP contribution in [0.25, 0.3) is 11.0 Å². The fourth-order valence-corrected chi connectivity index (χ4v) is 3.82. The molecule has 0 fully saturated rings. The summed E-state index contributed by atoms with van der Waals surface area (Å²) in [6.45, 7) is 11.3. The van der Waals surface area contributed by atoms with Crippen molar-refractivity contribution in [1.82, 2.24) is 20.1 Å². The Kier molecular flexibility index (Phi) is 5.37. The number of hydrogen-bond donors (Lipinski definition) is 1. The zero-order valence-electron chi connectivity index (χ0n) is 18.1. The third kappa shape index (κ3) is 3.72. The van der Waals surface area contributed by atoms with Crippen molar-refractivity contribution in [3.05, 3.63) is 47.3 Å². The number of nitrogens with one attached hydrogen (secondary N) is 1. The van der Waals surface area contributed by atoms with E-state index < -0.39 is 0 Å². The summed E-state index contributed by atoms with van der Waals surface area (Å²) in [5, 5.41) is 8.42. The van der Waals surface area contributed by atoms with E-state index in [9.17, 15) is 4.79 Å². The molecule has 0 unspecified atom stereocenters. The maximum atomic E-state index is 13.3. The maximum absolute atomic E-state index is 13.3. The number of hydrogen-bond acceptors (Lipinski definition) is 5. The van der Waals surface area contributed by atoms with E-state index >= 15 is 0 Å². The van der Waals surface area contributed by atoms with Crippen LogP contribution in [-0.2, 0) is 0 Å². The molecule has 1 aromatic carbocycles. The number of amides is 1. The number of aryl methyl sites for hydroxylation is 1. The van der Waals surface area contributed by atoms with Gasteiger partial charge in [0.15, 0.2) is 17.1 Å². The number of ether oxygens (including phenoxy) is 2. The zero-order valence-corrected chi connectivity index (χ0v) is 18.1. The minimum absolute atomic E-state index is 0.137. The fourth-order valence-electron chi connectivity index (χ4n) is 3.82. The molecule has 1 aliphatic heterocycles. The van der Waals surface area contributed by atoms with Crippen molar-refractivity contribution in [3.63, 3.8) is 0 Å². The number of pyridine rings is 1. The predicted octanol–water partition coefficient (Wildman–Crippen LogP) is 4.22. The van der Waals surface area contributed by atoms with Gasteiger partial charge in [-0.1, -0.05) is 19.9 Å². The molecule has 1 aliphatic rings. The number of carbonyl (C=O) groups excluding carboxylic acids is 1. The Balaban J connectivity index is 1.68. The molecule has 0 spiro atoms. The Hall–Kier alpha value is -3.09. The number of rotatable bonds is 5. The molecule has 0 saturated carbocycles. The van der Waals surface area contributed by atoms with Crippen molar-refractivity contribution in [2.24, 2.45) is 5.92 Å². The molecule has 0 aliphatic carbocycles. The highest BCUT2D eigenvalue weighted by Crippen LogP contribution is 2.34. The Morgan fingerprint density at radius 2 is 1.83 bits per heavy atom. The second-order valence-corrected chi connectivity index (χ2v) is 8.33. The maximum Gasteiger partial charge on any atom is 0.252 e. The summed E-state index contributed by atoms with van der Waals surface area (Å²) in [5.41, 5.74) is 3.10. The van der Waals surface area contributed by atoms with E-state index in [2.05, 4.69) is 29.2 Å². The second kappa shape index (κ2) is 7.97. The first-order chi connectivity index (χ1) is 14.3. The molecule has 0 bridgehead atoms. The monoisotopic (exact) mass is 408 g/mol. The normalized spacial score (nSPS) is 14.4. The number of fused-ring (bicyclic) bond motifs is 2. The summed E-state index contributed by atoms with van der Waals surface area (Å²) in [6.07, 6.45) is 1.73. The van der Waals surface area contributed by atoms with Crippen LogP contribution in [0.5, 0.6) is 11.5 Å². The van der Waals surface area contributed by atoms with Gasteiger partial charge in [-0.2, -0.15) is 5.10 Å². The van der Waals surface area contributed by atoms with Crippen LogP contribution in [0.2, 0.25) is 0 Å². The van der Waals surface area contributed by atoms with Gasteiger partial charge in [0.1, 0.15) is 13.2 Å². The number of benzene rings is 1. The van der Waals surface area contributed by atoms with Gasteiger partial charge >= 0.3 is 0 Å². The van der Waals surface area contributed by atoms with Crippen molar-refractivity contribution < 1.29 is 14.3 Å². The van der Waals surface area contributed by atoms with Gasteiger partial charge in [0.2, 0.25) is 0 Å². The van der Waals surface area contributed by atoms with Crippen molar-refractivity contribution in [2.75, 3.05) is 13.2 Å². The second-order valence-electron chi connectivity index (χ2n) is 8.33. The lowest BCUT2D eigenvalue weighted by Gasteiger charge is -2.25. The topological polar surface area (TPSA) is 78.3 Å². The zero-order chi connectivity index (χ0) is 21.4. The molecule has 3 heterocycles. The van der Waals surface area contributed by atoms with E-state index in [1.165, 1.54) is 0 Å². The van der Waals surface area contributed by atoms with Crippen molar-refractivity contribution in [2.45, 2.75) is 46.7 Å². The summed E-state index contributed by atoms with van der Waals surface area (Å²) in [7, 11) is 0. The van der Waals surface area contributed by atoms with Crippen molar-refractivity contribution in [3.8, 4) is 11.5 Å². The largest absolute Gasteiger partial charge is 0.486 e. The first-order valence-corrected chi connectivity index (χ1v) is 10.4. The van der Waals surface area contributed by atoms with Crippen LogP contribution in [0.3, 0.4) is 0 Å². The Morgan fingerprint density at radius 3 is 2.53 bits per heavy atom. The molecule has 0 radical (unpaired) electrons. The minimum Gasteiger partial charge on any atom is -0.486 e. The summed E-state index contributed by atoms with van der Waals surface area (Å²) >= 11 is 0. The molecule has 7 heteroatoms. The molecule has 1 amide bonds. The predicted molar refractivity (Wildman–Crippen MR) is 115 cm³/mol. The van der Waals surface area contributed by atoms with Crippen LogP contribution in [0.1, 0.15) is 61.4 Å². The van der Waals surface area contributed by atoms with Gasteiger partial charge in [0.05, 0.1) is 23.2 Å². The van der Waals surface area contributed by atoms with Crippen LogP contribution < -0.4 is 14.8 Å². The van der Waals surface area contributed by atoms with Gasteiger partial charge in [0.25, 0.3) is 5.91 Å². The first kappa shape index (κ1) is 20.2. The van der Waals surface area contributed by atoms with E-state index in [1.54, 1.807) is 6.20 Å². The van der Waals surface area contributed by atoms with E-state index in [0.29, 0.717) is 18.8 Å². The standard InChI is InChI=1S/C23H28N4O3/c1-13(2)21(16-6-7-19-20(11-16)30-9-8-29-19)26-23(28)17-10-15(5)25-22-18(17)12-24-27(22)14(3)4/h6-7,10-14,21H,8-9H2,1-5H3,(H,26,28)/t21-/m1/s1. The lowest BCUT2D eigenvalue weighted by atomic mass is 9.95. The van der Waals surface area contributed by atoms with Crippen molar-refractivity contribution in [1.29, 1.82) is 0 Å². The van der Waals surface area contributed by atoms with Gasteiger partial charge in [-0.15, -0.1) is 0 Å². The smallest absolute Gasteiger partial charge is 0.252 e. The van der Waals surface area contributed by atoms with Crippen LogP contribution in [-0.4, -0.2) is 33.9 Å². The summed E-state index contributed by atoms with van der Waals surface area (Å²) in [5.74, 6) is 1.51. The highest BCUT2D eigenvalue weighted by atomic mass is 16.6. The van der Waals surface area contributed by atoms with E-state index in [4.69, 9.17) is 9.47 Å². The lowest BCUT2D eigenvalue weighted by Crippen LogP contribution is -2.32. The molecule has 30 heavy (non-hydrogen) atoms. The molecule has 1 N–H and O–H groups in total. The molecule has 158 valence electrons. The molecule has 4 rings (SSSR count). The highest BCUT2D eigenvalue weighted by Gasteiger charge is 2.24. The Bertz CT molecular complexity index is 1090. The quantitative estimate of drug-likeness (QED) is 0.684. The third-order valence-corrected chi connectivity index (χ3v) is 5.31. The molecular weight excluding hydrogens is 380 g/mol. The number of aromatic nitrogens is 3. The number of nitrogens with zero attached hydrogens (tertiary/aromatic N) is 3. The molecule has 7 nitrogen and oxygen atoms in total. The third-order valence-electron chi connectivity index (χ3n) is 5.31. The lowest BCUT2D eigenvalue weighted by molar-refractivity contribution is 0.0927. The SMILES string of the molecule is Cc1cc(C(=O)N[C@@H](c2ccc3c(c2)OCCO3)C(C)C)c2cnn(C(C)C)c2n1. The summed E-state index contributed by atoms with van der Waals surface area (Å²) < 4.78 is 13.2.